The van der Waals surface area contributed by atoms with Crippen molar-refractivity contribution in [2.45, 2.75) is 6.42 Å². The van der Waals surface area contributed by atoms with E-state index in [9.17, 15) is 4.79 Å². The van der Waals surface area contributed by atoms with E-state index in [0.29, 0.717) is 11.7 Å². The number of rotatable bonds is 0. The van der Waals surface area contributed by atoms with Crippen LogP contribution in [0.4, 0.5) is 0 Å². The summed E-state index contributed by atoms with van der Waals surface area (Å²) < 4.78 is 0. The Morgan fingerprint density at radius 1 is 1.75 bits per heavy atom. The zero-order chi connectivity index (χ0) is 8.97. The van der Waals surface area contributed by atoms with Gasteiger partial charge in [0.25, 0.3) is 0 Å². The van der Waals surface area contributed by atoms with Gasteiger partial charge >= 0.3 is 0 Å². The molecule has 0 aromatic carbocycles. The number of hydrogen-bond acceptors (Lipinski definition) is 2. The Bertz CT molecular complexity index is 195. The summed E-state index contributed by atoms with van der Waals surface area (Å²) in [5, 5.41) is 6.29. The molecule has 0 spiro atoms. The Balaban J connectivity index is 2.51. The Labute approximate surface area is 77.3 Å². The maximum absolute atomic E-state index is 11.1. The van der Waals surface area contributed by atoms with Crippen molar-refractivity contribution >= 4 is 23.2 Å². The molecule has 1 fully saturated rings. The molecule has 1 saturated heterocycles. The van der Waals surface area contributed by atoms with E-state index in [2.05, 4.69) is 10.6 Å². The summed E-state index contributed by atoms with van der Waals surface area (Å²) >= 11 is 5.02. The third-order valence-electron chi connectivity index (χ3n) is 1.76. The lowest BCUT2D eigenvalue weighted by atomic mass is 10.4. The summed E-state index contributed by atoms with van der Waals surface area (Å²) in [5.41, 5.74) is 0. The SMILES string of the molecule is CNC(=S)N1CCCNC(=O)C1. The molecule has 2 N–H and O–H groups in total. The van der Waals surface area contributed by atoms with Crippen molar-refractivity contribution in [2.75, 3.05) is 26.7 Å². The van der Waals surface area contributed by atoms with Crippen molar-refractivity contribution in [1.29, 1.82) is 0 Å². The second-order valence-corrected chi connectivity index (χ2v) is 3.07. The lowest BCUT2D eigenvalue weighted by Crippen LogP contribution is -2.41. The fraction of sp³-hybridized carbons (Fsp3) is 0.714. The molecular weight excluding hydrogens is 174 g/mol. The average Bonchev–Trinajstić information content (AvgIpc) is 2.28. The maximum atomic E-state index is 11.1. The minimum Gasteiger partial charge on any atom is -0.366 e. The highest BCUT2D eigenvalue weighted by molar-refractivity contribution is 7.80. The molecule has 12 heavy (non-hydrogen) atoms. The van der Waals surface area contributed by atoms with Crippen LogP contribution in [0.1, 0.15) is 6.42 Å². The van der Waals surface area contributed by atoms with E-state index in [1.54, 1.807) is 7.05 Å². The van der Waals surface area contributed by atoms with Crippen LogP contribution in [0.15, 0.2) is 0 Å². The van der Waals surface area contributed by atoms with Crippen LogP contribution in [-0.4, -0.2) is 42.6 Å². The van der Waals surface area contributed by atoms with Crippen molar-refractivity contribution in [1.82, 2.24) is 15.5 Å². The van der Waals surface area contributed by atoms with Gasteiger partial charge in [-0.05, 0) is 18.6 Å². The smallest absolute Gasteiger partial charge is 0.239 e. The molecule has 1 heterocycles. The number of carbonyl (C=O) groups is 1. The standard InChI is InChI=1S/C7H13N3OS/c1-8-7(12)10-4-2-3-9-6(11)5-10/h2-5H2,1H3,(H,8,12)(H,9,11). The molecule has 0 aromatic heterocycles. The van der Waals surface area contributed by atoms with Crippen LogP contribution in [-0.2, 0) is 4.79 Å². The molecule has 1 rings (SSSR count). The predicted octanol–water partition coefficient (Wildman–Crippen LogP) is -0.687. The average molecular weight is 187 g/mol. The number of thiocarbonyl (C=S) groups is 1. The number of amides is 1. The Morgan fingerprint density at radius 3 is 3.17 bits per heavy atom. The van der Waals surface area contributed by atoms with E-state index in [0.717, 1.165) is 19.5 Å². The van der Waals surface area contributed by atoms with Crippen LogP contribution in [0.5, 0.6) is 0 Å². The van der Waals surface area contributed by atoms with Gasteiger partial charge in [0.05, 0.1) is 6.54 Å². The molecule has 0 radical (unpaired) electrons. The summed E-state index contributed by atoms with van der Waals surface area (Å²) in [6.45, 7) is 1.97. The van der Waals surface area contributed by atoms with Gasteiger partial charge in [-0.2, -0.15) is 0 Å². The van der Waals surface area contributed by atoms with Gasteiger partial charge in [0.15, 0.2) is 5.11 Å². The molecule has 0 unspecified atom stereocenters. The highest BCUT2D eigenvalue weighted by Gasteiger charge is 2.15. The summed E-state index contributed by atoms with van der Waals surface area (Å²) in [5.74, 6) is 0.0464. The molecule has 0 aliphatic carbocycles. The third-order valence-corrected chi connectivity index (χ3v) is 2.22. The molecular formula is C7H13N3OS. The van der Waals surface area contributed by atoms with Crippen LogP contribution >= 0.6 is 12.2 Å². The second kappa shape index (κ2) is 4.25. The first-order chi connectivity index (χ1) is 5.74. The van der Waals surface area contributed by atoms with Crippen molar-refractivity contribution in [2.24, 2.45) is 0 Å². The van der Waals surface area contributed by atoms with Gasteiger partial charge in [-0.25, -0.2) is 0 Å². The molecule has 0 atom stereocenters. The number of nitrogens with one attached hydrogen (secondary N) is 2. The normalized spacial score (nSPS) is 18.1. The molecule has 1 aliphatic heterocycles. The van der Waals surface area contributed by atoms with Gasteiger partial charge in [-0.3, -0.25) is 4.79 Å². The van der Waals surface area contributed by atoms with Crippen LogP contribution < -0.4 is 10.6 Å². The van der Waals surface area contributed by atoms with Gasteiger partial charge < -0.3 is 15.5 Å². The zero-order valence-electron chi connectivity index (χ0n) is 7.09. The van der Waals surface area contributed by atoms with E-state index in [4.69, 9.17) is 12.2 Å². The van der Waals surface area contributed by atoms with Crippen LogP contribution in [0.2, 0.25) is 0 Å². The first-order valence-corrected chi connectivity index (χ1v) is 4.38. The number of carbonyl (C=O) groups excluding carboxylic acids is 1. The Hall–Kier alpha value is -0.840. The van der Waals surface area contributed by atoms with Crippen LogP contribution in [0, 0.1) is 0 Å². The number of nitrogens with zero attached hydrogens (tertiary/aromatic N) is 1. The monoisotopic (exact) mass is 187 g/mol. The van der Waals surface area contributed by atoms with Gasteiger partial charge in [0, 0.05) is 20.1 Å². The molecule has 4 nitrogen and oxygen atoms in total. The van der Waals surface area contributed by atoms with Crippen LogP contribution in [0.25, 0.3) is 0 Å². The van der Waals surface area contributed by atoms with E-state index in [1.807, 2.05) is 4.90 Å². The second-order valence-electron chi connectivity index (χ2n) is 2.68. The molecule has 5 heteroatoms. The molecule has 0 bridgehead atoms. The Kier molecular flexibility index (Phi) is 3.28. The molecule has 1 aliphatic rings. The summed E-state index contributed by atoms with van der Waals surface area (Å²) in [7, 11) is 1.77. The van der Waals surface area contributed by atoms with E-state index >= 15 is 0 Å². The van der Waals surface area contributed by atoms with Gasteiger partial charge in [0.1, 0.15) is 0 Å². The quantitative estimate of drug-likeness (QED) is 0.493. The summed E-state index contributed by atoms with van der Waals surface area (Å²) in [6, 6.07) is 0. The number of hydrogen-bond donors (Lipinski definition) is 2. The topological polar surface area (TPSA) is 44.4 Å². The minimum absolute atomic E-state index is 0.0464. The predicted molar refractivity (Wildman–Crippen MR) is 50.9 cm³/mol. The molecule has 0 saturated carbocycles. The first kappa shape index (κ1) is 9.25. The summed E-state index contributed by atoms with van der Waals surface area (Å²) in [6.07, 6.45) is 0.952. The van der Waals surface area contributed by atoms with E-state index in [1.165, 1.54) is 0 Å². The zero-order valence-corrected chi connectivity index (χ0v) is 7.91. The van der Waals surface area contributed by atoms with Crippen molar-refractivity contribution < 1.29 is 4.79 Å². The summed E-state index contributed by atoms with van der Waals surface area (Å²) in [4.78, 5) is 12.9. The van der Waals surface area contributed by atoms with Crippen LogP contribution in [0.3, 0.4) is 0 Å². The fourth-order valence-electron chi connectivity index (χ4n) is 1.14. The highest BCUT2D eigenvalue weighted by Crippen LogP contribution is 1.96. The molecule has 68 valence electrons. The van der Waals surface area contributed by atoms with E-state index in [-0.39, 0.29) is 5.91 Å². The van der Waals surface area contributed by atoms with Crippen molar-refractivity contribution in [3.8, 4) is 0 Å². The fourth-order valence-corrected chi connectivity index (χ4v) is 1.29. The van der Waals surface area contributed by atoms with Gasteiger partial charge in [-0.1, -0.05) is 0 Å². The minimum atomic E-state index is 0.0464. The van der Waals surface area contributed by atoms with E-state index < -0.39 is 0 Å². The molecule has 1 amide bonds. The first-order valence-electron chi connectivity index (χ1n) is 3.97. The lowest BCUT2D eigenvalue weighted by Gasteiger charge is -2.20. The lowest BCUT2D eigenvalue weighted by molar-refractivity contribution is -0.120. The van der Waals surface area contributed by atoms with Gasteiger partial charge in [-0.15, -0.1) is 0 Å². The van der Waals surface area contributed by atoms with Crippen molar-refractivity contribution in [3.63, 3.8) is 0 Å². The van der Waals surface area contributed by atoms with Gasteiger partial charge in [0.2, 0.25) is 5.91 Å². The largest absolute Gasteiger partial charge is 0.366 e. The maximum Gasteiger partial charge on any atom is 0.239 e. The molecule has 0 aromatic rings. The Morgan fingerprint density at radius 2 is 2.50 bits per heavy atom. The highest BCUT2D eigenvalue weighted by atomic mass is 32.1. The van der Waals surface area contributed by atoms with Crippen molar-refractivity contribution in [3.05, 3.63) is 0 Å². The third kappa shape index (κ3) is 2.34.